The summed E-state index contributed by atoms with van der Waals surface area (Å²) in [5, 5.41) is 3.67. The highest BCUT2D eigenvalue weighted by atomic mass is 32.2. The number of nitrogens with one attached hydrogen (secondary N) is 1. The van der Waals surface area contributed by atoms with Crippen LogP contribution in [-0.2, 0) is 21.4 Å². The second kappa shape index (κ2) is 4.65. The van der Waals surface area contributed by atoms with Crippen LogP contribution in [0.5, 0.6) is 0 Å². The minimum absolute atomic E-state index is 0.0211. The molecular weight excluding hydrogens is 260 g/mol. The van der Waals surface area contributed by atoms with Crippen molar-refractivity contribution in [3.63, 3.8) is 0 Å². The van der Waals surface area contributed by atoms with Gasteiger partial charge in [0.15, 0.2) is 5.82 Å². The van der Waals surface area contributed by atoms with Crippen LogP contribution in [0.2, 0.25) is 0 Å². The number of amides is 1. The standard InChI is InChI=1S/C9H14N4O4S/c1-13-6(3-4-8(13)14)9-11-7(12-17-9)5-10-18(2,15)16/h6,10H,3-5H2,1-2H3/t6-/m0/s1. The lowest BCUT2D eigenvalue weighted by Crippen LogP contribution is -2.23. The molecule has 1 aromatic heterocycles. The first-order valence-electron chi connectivity index (χ1n) is 5.39. The molecule has 100 valence electrons. The van der Waals surface area contributed by atoms with Crippen LogP contribution < -0.4 is 4.72 Å². The van der Waals surface area contributed by atoms with E-state index in [1.54, 1.807) is 11.9 Å². The van der Waals surface area contributed by atoms with Crippen LogP contribution in [0.3, 0.4) is 0 Å². The van der Waals surface area contributed by atoms with Crippen molar-refractivity contribution in [2.75, 3.05) is 13.3 Å². The Hall–Kier alpha value is -1.48. The molecule has 0 bridgehead atoms. The van der Waals surface area contributed by atoms with Gasteiger partial charge in [-0.3, -0.25) is 4.79 Å². The fourth-order valence-electron chi connectivity index (χ4n) is 1.76. The quantitative estimate of drug-likeness (QED) is 0.787. The van der Waals surface area contributed by atoms with E-state index < -0.39 is 10.0 Å². The highest BCUT2D eigenvalue weighted by Gasteiger charge is 2.33. The molecule has 0 radical (unpaired) electrons. The monoisotopic (exact) mass is 274 g/mol. The summed E-state index contributed by atoms with van der Waals surface area (Å²) < 4.78 is 29.1. The van der Waals surface area contributed by atoms with Crippen LogP contribution in [0.15, 0.2) is 4.52 Å². The van der Waals surface area contributed by atoms with Crippen molar-refractivity contribution in [3.05, 3.63) is 11.7 Å². The molecule has 0 aliphatic carbocycles. The maximum absolute atomic E-state index is 11.4. The molecule has 0 saturated carbocycles. The summed E-state index contributed by atoms with van der Waals surface area (Å²) in [5.74, 6) is 0.630. The first-order valence-corrected chi connectivity index (χ1v) is 7.29. The second-order valence-electron chi connectivity index (χ2n) is 4.20. The topological polar surface area (TPSA) is 105 Å². The average molecular weight is 274 g/mol. The van der Waals surface area contributed by atoms with Gasteiger partial charge in [0.2, 0.25) is 21.8 Å². The van der Waals surface area contributed by atoms with E-state index in [1.165, 1.54) is 0 Å². The number of sulfonamides is 1. The zero-order valence-corrected chi connectivity index (χ0v) is 10.9. The molecule has 0 aromatic carbocycles. The molecule has 1 amide bonds. The van der Waals surface area contributed by atoms with Gasteiger partial charge in [-0.2, -0.15) is 4.98 Å². The van der Waals surface area contributed by atoms with Crippen molar-refractivity contribution >= 4 is 15.9 Å². The Morgan fingerprint density at radius 1 is 1.56 bits per heavy atom. The number of carbonyl (C=O) groups is 1. The van der Waals surface area contributed by atoms with Gasteiger partial charge in [0.1, 0.15) is 6.04 Å². The van der Waals surface area contributed by atoms with E-state index >= 15 is 0 Å². The van der Waals surface area contributed by atoms with E-state index in [0.717, 1.165) is 6.26 Å². The molecule has 1 aliphatic heterocycles. The molecular formula is C9H14N4O4S. The smallest absolute Gasteiger partial charge is 0.249 e. The number of carbonyl (C=O) groups excluding carboxylic acids is 1. The number of likely N-dealkylation sites (tertiary alicyclic amines) is 1. The third kappa shape index (κ3) is 2.85. The summed E-state index contributed by atoms with van der Waals surface area (Å²) in [6.45, 7) is -0.0211. The number of nitrogens with zero attached hydrogens (tertiary/aromatic N) is 3. The number of rotatable bonds is 4. The Morgan fingerprint density at radius 2 is 2.28 bits per heavy atom. The Bertz CT molecular complexity index is 553. The van der Waals surface area contributed by atoms with Gasteiger partial charge in [-0.05, 0) is 6.42 Å². The van der Waals surface area contributed by atoms with Gasteiger partial charge >= 0.3 is 0 Å². The van der Waals surface area contributed by atoms with E-state index in [0.29, 0.717) is 18.7 Å². The Balaban J connectivity index is 2.04. The first kappa shape index (κ1) is 13.0. The lowest BCUT2D eigenvalue weighted by Gasteiger charge is -2.14. The van der Waals surface area contributed by atoms with Crippen molar-refractivity contribution in [3.8, 4) is 0 Å². The lowest BCUT2D eigenvalue weighted by atomic mass is 10.2. The highest BCUT2D eigenvalue weighted by molar-refractivity contribution is 7.88. The van der Waals surface area contributed by atoms with Crippen molar-refractivity contribution in [1.82, 2.24) is 19.8 Å². The SMILES string of the molecule is CN1C(=O)CC[C@H]1c1nc(CNS(C)(=O)=O)no1. The average Bonchev–Trinajstić information content (AvgIpc) is 2.84. The molecule has 18 heavy (non-hydrogen) atoms. The first-order chi connectivity index (χ1) is 8.37. The fraction of sp³-hybridized carbons (Fsp3) is 0.667. The predicted molar refractivity (Wildman–Crippen MR) is 60.7 cm³/mol. The molecule has 1 saturated heterocycles. The van der Waals surface area contributed by atoms with Crippen molar-refractivity contribution in [2.45, 2.75) is 25.4 Å². The third-order valence-electron chi connectivity index (χ3n) is 2.75. The molecule has 1 aliphatic rings. The second-order valence-corrected chi connectivity index (χ2v) is 6.03. The largest absolute Gasteiger partial charge is 0.337 e. The number of hydrogen-bond acceptors (Lipinski definition) is 6. The van der Waals surface area contributed by atoms with Crippen LogP contribution in [0.4, 0.5) is 0 Å². The van der Waals surface area contributed by atoms with E-state index in [-0.39, 0.29) is 24.3 Å². The van der Waals surface area contributed by atoms with Crippen LogP contribution in [0, 0.1) is 0 Å². The molecule has 0 spiro atoms. The van der Waals surface area contributed by atoms with Gasteiger partial charge in [0, 0.05) is 13.5 Å². The summed E-state index contributed by atoms with van der Waals surface area (Å²) >= 11 is 0. The van der Waals surface area contributed by atoms with Gasteiger partial charge in [0.05, 0.1) is 12.8 Å². The highest BCUT2D eigenvalue weighted by Crippen LogP contribution is 2.29. The molecule has 1 N–H and O–H groups in total. The molecule has 2 rings (SSSR count). The summed E-state index contributed by atoms with van der Waals surface area (Å²) in [6, 6.07) is -0.211. The number of hydrogen-bond donors (Lipinski definition) is 1. The third-order valence-corrected chi connectivity index (χ3v) is 3.42. The summed E-state index contributed by atoms with van der Waals surface area (Å²) in [5.41, 5.74) is 0. The minimum atomic E-state index is -3.29. The normalized spacial score (nSPS) is 20.7. The lowest BCUT2D eigenvalue weighted by molar-refractivity contribution is -0.127. The van der Waals surface area contributed by atoms with Gasteiger partial charge in [-0.15, -0.1) is 0 Å². The summed E-state index contributed by atoms with van der Waals surface area (Å²) in [4.78, 5) is 17.0. The van der Waals surface area contributed by atoms with Crippen LogP contribution in [0.1, 0.15) is 30.6 Å². The van der Waals surface area contributed by atoms with E-state index in [4.69, 9.17) is 4.52 Å². The summed E-state index contributed by atoms with van der Waals surface area (Å²) in [6.07, 6.45) is 2.15. The van der Waals surface area contributed by atoms with Crippen LogP contribution in [-0.4, -0.2) is 42.7 Å². The van der Waals surface area contributed by atoms with Gasteiger partial charge < -0.3 is 9.42 Å². The molecule has 2 heterocycles. The fourth-order valence-corrected chi connectivity index (χ4v) is 2.15. The molecule has 1 atom stereocenters. The van der Waals surface area contributed by atoms with Gasteiger partial charge in [-0.25, -0.2) is 13.1 Å². The molecule has 9 heteroatoms. The molecule has 0 unspecified atom stereocenters. The van der Waals surface area contributed by atoms with Crippen molar-refractivity contribution < 1.29 is 17.7 Å². The zero-order valence-electron chi connectivity index (χ0n) is 10.1. The molecule has 1 aromatic rings. The minimum Gasteiger partial charge on any atom is -0.337 e. The predicted octanol–water partition coefficient (Wildman–Crippen LogP) is -0.588. The zero-order chi connectivity index (χ0) is 13.3. The van der Waals surface area contributed by atoms with Crippen molar-refractivity contribution in [1.29, 1.82) is 0 Å². The van der Waals surface area contributed by atoms with E-state index in [9.17, 15) is 13.2 Å². The maximum atomic E-state index is 11.4. The van der Waals surface area contributed by atoms with E-state index in [2.05, 4.69) is 14.9 Å². The number of aromatic nitrogens is 2. The Labute approximate surface area is 104 Å². The summed E-state index contributed by atoms with van der Waals surface area (Å²) in [7, 11) is -1.61. The van der Waals surface area contributed by atoms with Crippen LogP contribution in [0.25, 0.3) is 0 Å². The maximum Gasteiger partial charge on any atom is 0.249 e. The van der Waals surface area contributed by atoms with E-state index in [1.807, 2.05) is 0 Å². The van der Waals surface area contributed by atoms with Gasteiger partial charge in [0.25, 0.3) is 0 Å². The van der Waals surface area contributed by atoms with Gasteiger partial charge in [-0.1, -0.05) is 5.16 Å². The van der Waals surface area contributed by atoms with Crippen LogP contribution >= 0.6 is 0 Å². The Morgan fingerprint density at radius 3 is 2.83 bits per heavy atom. The molecule has 8 nitrogen and oxygen atoms in total. The Kier molecular flexibility index (Phi) is 3.35. The molecule has 1 fully saturated rings. The van der Waals surface area contributed by atoms with Crippen molar-refractivity contribution in [2.24, 2.45) is 0 Å².